The fraction of sp³-hybridized carbons (Fsp3) is 0.805. The largest absolute Gasteiger partial charge is 0.375 e. The van der Waals surface area contributed by atoms with Crippen molar-refractivity contribution in [1.29, 1.82) is 0 Å². The number of imide groups is 4. The van der Waals surface area contributed by atoms with E-state index in [0.717, 1.165) is 42.9 Å². The van der Waals surface area contributed by atoms with Crippen LogP contribution in [0.25, 0.3) is 0 Å². The quantitative estimate of drug-likeness (QED) is 0.373. The molecule has 8 amide bonds. The molecule has 0 aromatic heterocycles. The number of fused-ring (bicyclic) bond motifs is 6. The highest BCUT2D eigenvalue weighted by atomic mass is 16.5. The third-order valence-electron chi connectivity index (χ3n) is 16.4. The maximum Gasteiger partial charge on any atom is 0.233 e. The van der Waals surface area contributed by atoms with Gasteiger partial charge in [-0.25, -0.2) is 0 Å². The second kappa shape index (κ2) is 12.8. The molecule has 6 aliphatic carbocycles. The number of rotatable bonds is 6. The van der Waals surface area contributed by atoms with Crippen LogP contribution in [-0.4, -0.2) is 105 Å². The van der Waals surface area contributed by atoms with Gasteiger partial charge in [-0.15, -0.1) is 0 Å². The number of amides is 8. The summed E-state index contributed by atoms with van der Waals surface area (Å²) in [7, 11) is 1.48. The molecule has 0 aromatic rings. The molecule has 54 heavy (non-hydrogen) atoms. The molecule has 6 saturated carbocycles. The molecule has 11 unspecified atom stereocenters. The molecule has 0 N–H and O–H groups in total. The molecular weight excluding hydrogens is 692 g/mol. The molecule has 0 radical (unpaired) electrons. The van der Waals surface area contributed by atoms with E-state index in [1.807, 2.05) is 0 Å². The number of likely N-dealkylation sites (tertiary alicyclic amines) is 4. The van der Waals surface area contributed by atoms with Gasteiger partial charge in [-0.1, -0.05) is 6.42 Å². The molecule has 10 rings (SSSR count). The first kappa shape index (κ1) is 35.0. The van der Waals surface area contributed by atoms with E-state index >= 15 is 0 Å². The van der Waals surface area contributed by atoms with Crippen LogP contribution in [0.2, 0.25) is 0 Å². The lowest BCUT2D eigenvalue weighted by atomic mass is 9.70. The summed E-state index contributed by atoms with van der Waals surface area (Å²) < 4.78 is 6.55. The summed E-state index contributed by atoms with van der Waals surface area (Å²) in [6.07, 6.45) is 11.4. The van der Waals surface area contributed by atoms with Gasteiger partial charge in [0.1, 0.15) is 0 Å². The van der Waals surface area contributed by atoms with Crippen molar-refractivity contribution in [2.24, 2.45) is 65.1 Å². The molecule has 0 aromatic carbocycles. The number of hydrogen-bond donors (Lipinski definition) is 0. The van der Waals surface area contributed by atoms with Crippen LogP contribution >= 0.6 is 0 Å². The van der Waals surface area contributed by atoms with Crippen LogP contribution in [0, 0.1) is 65.1 Å². The number of carbonyl (C=O) groups is 8. The highest BCUT2D eigenvalue weighted by molar-refractivity contribution is 6.10. The van der Waals surface area contributed by atoms with Crippen molar-refractivity contribution in [2.45, 2.75) is 127 Å². The van der Waals surface area contributed by atoms with E-state index in [-0.39, 0.29) is 84.4 Å². The maximum absolute atomic E-state index is 13.8. The van der Waals surface area contributed by atoms with Crippen molar-refractivity contribution < 1.29 is 43.1 Å². The van der Waals surface area contributed by atoms with Crippen LogP contribution in [-0.2, 0) is 43.1 Å². The fourth-order valence-electron chi connectivity index (χ4n) is 13.5. The lowest BCUT2D eigenvalue weighted by molar-refractivity contribution is -0.145. The van der Waals surface area contributed by atoms with E-state index < -0.39 is 47.3 Å². The first-order chi connectivity index (χ1) is 26.0. The Morgan fingerprint density at radius 1 is 0.444 bits per heavy atom. The maximum atomic E-state index is 13.8. The molecule has 4 saturated heterocycles. The molecule has 4 heterocycles. The normalized spacial score (nSPS) is 45.9. The summed E-state index contributed by atoms with van der Waals surface area (Å²) in [5.41, 5.74) is 0. The minimum Gasteiger partial charge on any atom is -0.375 e. The summed E-state index contributed by atoms with van der Waals surface area (Å²) in [5.74, 6) is -3.80. The van der Waals surface area contributed by atoms with E-state index in [1.54, 1.807) is 0 Å². The second-order valence-corrected chi connectivity index (χ2v) is 18.8. The minimum atomic E-state index is -0.527. The number of hydrogen-bond acceptors (Lipinski definition) is 9. The molecular formula is C41H52N4O9. The molecule has 4 aliphatic heterocycles. The molecule has 10 fully saturated rings. The third kappa shape index (κ3) is 5.17. The van der Waals surface area contributed by atoms with Crippen molar-refractivity contribution >= 4 is 47.3 Å². The Morgan fingerprint density at radius 3 is 1.20 bits per heavy atom. The van der Waals surface area contributed by atoms with E-state index in [4.69, 9.17) is 4.74 Å². The fourth-order valence-corrected chi connectivity index (χ4v) is 13.5. The van der Waals surface area contributed by atoms with E-state index in [1.165, 1.54) is 41.0 Å². The number of ether oxygens (including phenoxy) is 1. The lowest BCUT2D eigenvalue weighted by Crippen LogP contribution is -2.45. The molecule has 13 nitrogen and oxygen atoms in total. The standard InChI is InChI=1S/C41H52N4O9/c1-42-34(46)26-14-30-31(15-27(26)35(42)47)39(51)44(38(30)50)22-4-8-24(9-5-22)54-25-10-6-23(7-11-25)45-40(52)32-16-28-29(17-33(32)41(45)53)37(49)43(36(28)48)18-21-13-19-2-3-20(21)12-19/h19-33H,2-18H2,1H3. The smallest absolute Gasteiger partial charge is 0.233 e. The van der Waals surface area contributed by atoms with Crippen LogP contribution in [0.4, 0.5) is 0 Å². The van der Waals surface area contributed by atoms with Crippen LogP contribution in [0.3, 0.4) is 0 Å². The average Bonchev–Trinajstić information content (AvgIpc) is 4.00. The van der Waals surface area contributed by atoms with Crippen molar-refractivity contribution in [3.05, 3.63) is 0 Å². The van der Waals surface area contributed by atoms with Crippen LogP contribution in [0.5, 0.6) is 0 Å². The average molecular weight is 745 g/mol. The van der Waals surface area contributed by atoms with E-state index in [0.29, 0.717) is 56.9 Å². The first-order valence-corrected chi connectivity index (χ1v) is 21.0. The highest BCUT2D eigenvalue weighted by Gasteiger charge is 2.62. The predicted molar refractivity (Wildman–Crippen MR) is 187 cm³/mol. The Bertz CT molecular complexity index is 1630. The Labute approximate surface area is 315 Å². The van der Waals surface area contributed by atoms with Gasteiger partial charge in [-0.05, 0) is 114 Å². The van der Waals surface area contributed by atoms with Crippen LogP contribution < -0.4 is 0 Å². The summed E-state index contributed by atoms with van der Waals surface area (Å²) in [4.78, 5) is 113. The van der Waals surface area contributed by atoms with Gasteiger partial charge in [0, 0.05) is 25.7 Å². The molecule has 2 bridgehead atoms. The summed E-state index contributed by atoms with van der Waals surface area (Å²) in [6, 6.07) is -0.403. The zero-order valence-electron chi connectivity index (χ0n) is 31.1. The van der Waals surface area contributed by atoms with Gasteiger partial charge >= 0.3 is 0 Å². The Morgan fingerprint density at radius 2 is 0.833 bits per heavy atom. The van der Waals surface area contributed by atoms with Gasteiger partial charge in [-0.3, -0.25) is 58.0 Å². The lowest BCUT2D eigenvalue weighted by Gasteiger charge is -2.38. The van der Waals surface area contributed by atoms with E-state index in [2.05, 4.69) is 0 Å². The second-order valence-electron chi connectivity index (χ2n) is 18.8. The van der Waals surface area contributed by atoms with Crippen molar-refractivity contribution in [2.75, 3.05) is 13.6 Å². The number of nitrogens with zero attached hydrogens (tertiary/aromatic N) is 4. The van der Waals surface area contributed by atoms with Crippen LogP contribution in [0.1, 0.15) is 103 Å². The van der Waals surface area contributed by atoms with E-state index in [9.17, 15) is 38.4 Å². The topological polar surface area (TPSA) is 159 Å². The van der Waals surface area contributed by atoms with Crippen molar-refractivity contribution in [3.63, 3.8) is 0 Å². The SMILES string of the molecule is CN1C(=O)C2CC3C(=O)N(C4CCC(OC5CCC(N6C(=O)C7CC8C(=O)N(CC9CC%10CCC9C%10)C(=O)C8CC7C6=O)CC5)CC4)C(=O)C3CC2C1=O. The van der Waals surface area contributed by atoms with Gasteiger partial charge < -0.3 is 4.74 Å². The minimum absolute atomic E-state index is 0.000847. The predicted octanol–water partition coefficient (Wildman–Crippen LogP) is 2.68. The monoisotopic (exact) mass is 744 g/mol. The van der Waals surface area contributed by atoms with Crippen molar-refractivity contribution in [3.8, 4) is 0 Å². The zero-order valence-corrected chi connectivity index (χ0v) is 31.1. The van der Waals surface area contributed by atoms with Crippen molar-refractivity contribution in [1.82, 2.24) is 19.6 Å². The zero-order chi connectivity index (χ0) is 37.3. The Kier molecular flexibility index (Phi) is 8.27. The Balaban J connectivity index is 0.702. The van der Waals surface area contributed by atoms with Gasteiger partial charge in [0.2, 0.25) is 47.3 Å². The van der Waals surface area contributed by atoms with Crippen LogP contribution in [0.15, 0.2) is 0 Å². The Hall–Kier alpha value is -3.48. The van der Waals surface area contributed by atoms with Gasteiger partial charge in [0.25, 0.3) is 0 Å². The molecule has 13 heteroatoms. The highest BCUT2D eigenvalue weighted by Crippen LogP contribution is 2.52. The summed E-state index contributed by atoms with van der Waals surface area (Å²) in [5, 5.41) is 0. The molecule has 10 aliphatic rings. The molecule has 290 valence electrons. The summed E-state index contributed by atoms with van der Waals surface area (Å²) in [6.45, 7) is 0.508. The number of carbonyl (C=O) groups excluding carboxylic acids is 8. The third-order valence-corrected chi connectivity index (χ3v) is 16.4. The first-order valence-electron chi connectivity index (χ1n) is 21.0. The molecule has 0 spiro atoms. The molecule has 11 atom stereocenters. The van der Waals surface area contributed by atoms with Gasteiger partial charge in [-0.2, -0.15) is 0 Å². The van der Waals surface area contributed by atoms with Gasteiger partial charge in [0.15, 0.2) is 0 Å². The summed E-state index contributed by atoms with van der Waals surface area (Å²) >= 11 is 0. The van der Waals surface area contributed by atoms with Gasteiger partial charge in [0.05, 0.1) is 59.6 Å².